The molecule has 0 aliphatic rings. The van der Waals surface area contributed by atoms with E-state index in [0.29, 0.717) is 16.4 Å². The fourth-order valence-corrected chi connectivity index (χ4v) is 2.67. The molecule has 0 amide bonds. The summed E-state index contributed by atoms with van der Waals surface area (Å²) in [6.07, 6.45) is 1.23. The zero-order valence-corrected chi connectivity index (χ0v) is 15.0. The van der Waals surface area contributed by atoms with Gasteiger partial charge in [0.05, 0.1) is 20.7 Å². The van der Waals surface area contributed by atoms with E-state index in [2.05, 4.69) is 20.6 Å². The molecule has 0 bridgehead atoms. The Labute approximate surface area is 159 Å². The molecule has 0 saturated heterocycles. The van der Waals surface area contributed by atoms with Gasteiger partial charge in [-0.05, 0) is 36.8 Å². The molecule has 3 aromatic rings. The predicted molar refractivity (Wildman–Crippen MR) is 103 cm³/mol. The summed E-state index contributed by atoms with van der Waals surface area (Å²) in [6, 6.07) is 12.4. The third-order valence-corrected chi connectivity index (χ3v) is 4.31. The number of hydrogen-bond donors (Lipinski definition) is 2. The Kier molecular flexibility index (Phi) is 5.20. The van der Waals surface area contributed by atoms with E-state index >= 15 is 0 Å². The third kappa shape index (κ3) is 3.84. The quantitative estimate of drug-likeness (QED) is 0.442. The van der Waals surface area contributed by atoms with Crippen LogP contribution in [0.25, 0.3) is 0 Å². The van der Waals surface area contributed by atoms with Gasteiger partial charge in [0, 0.05) is 5.69 Å². The SMILES string of the molecule is Cc1cccc(Nc2ncnc(Nc3cccc(Cl)c3Cl)c2[N+](=O)[O-])c1. The van der Waals surface area contributed by atoms with Crippen molar-refractivity contribution >= 4 is 51.9 Å². The normalized spacial score (nSPS) is 10.4. The lowest BCUT2D eigenvalue weighted by atomic mass is 10.2. The standard InChI is InChI=1S/C17H13Cl2N5O2/c1-10-4-2-5-11(8-10)22-16-15(24(25)26)17(21-9-20-16)23-13-7-3-6-12(18)14(13)19/h2-9H,1H3,(H2,20,21,22,23). The van der Waals surface area contributed by atoms with Crippen LogP contribution in [0, 0.1) is 17.0 Å². The molecular formula is C17H13Cl2N5O2. The first kappa shape index (κ1) is 17.9. The van der Waals surface area contributed by atoms with Gasteiger partial charge >= 0.3 is 5.69 Å². The summed E-state index contributed by atoms with van der Waals surface area (Å²) in [5, 5.41) is 18.0. The molecule has 0 aliphatic carbocycles. The molecule has 0 unspecified atom stereocenters. The number of aryl methyl sites for hydroxylation is 1. The zero-order chi connectivity index (χ0) is 18.7. The van der Waals surface area contributed by atoms with Crippen LogP contribution in [0.3, 0.4) is 0 Å². The largest absolute Gasteiger partial charge is 0.353 e. The summed E-state index contributed by atoms with van der Waals surface area (Å²) >= 11 is 12.1. The van der Waals surface area contributed by atoms with Gasteiger partial charge in [-0.2, -0.15) is 0 Å². The summed E-state index contributed by atoms with van der Waals surface area (Å²) in [6.45, 7) is 1.92. The van der Waals surface area contributed by atoms with Gasteiger partial charge in [-0.3, -0.25) is 10.1 Å². The number of rotatable bonds is 5. The van der Waals surface area contributed by atoms with E-state index in [9.17, 15) is 10.1 Å². The van der Waals surface area contributed by atoms with Gasteiger partial charge in [0.25, 0.3) is 0 Å². The Morgan fingerprint density at radius 2 is 1.73 bits per heavy atom. The molecule has 7 nitrogen and oxygen atoms in total. The summed E-state index contributed by atoms with van der Waals surface area (Å²) < 4.78 is 0. The van der Waals surface area contributed by atoms with Crippen molar-refractivity contribution in [2.75, 3.05) is 10.6 Å². The molecule has 2 N–H and O–H groups in total. The fraction of sp³-hybridized carbons (Fsp3) is 0.0588. The van der Waals surface area contributed by atoms with Crippen molar-refractivity contribution in [2.24, 2.45) is 0 Å². The highest BCUT2D eigenvalue weighted by Gasteiger charge is 2.24. The second kappa shape index (κ2) is 7.55. The van der Waals surface area contributed by atoms with Crippen LogP contribution in [-0.2, 0) is 0 Å². The highest BCUT2D eigenvalue weighted by atomic mass is 35.5. The van der Waals surface area contributed by atoms with Gasteiger partial charge in [-0.1, -0.05) is 41.4 Å². The fourth-order valence-electron chi connectivity index (χ4n) is 2.32. The van der Waals surface area contributed by atoms with Crippen LogP contribution >= 0.6 is 23.2 Å². The molecular weight excluding hydrogens is 377 g/mol. The molecule has 0 radical (unpaired) electrons. The van der Waals surface area contributed by atoms with Crippen molar-refractivity contribution in [3.8, 4) is 0 Å². The van der Waals surface area contributed by atoms with Crippen LogP contribution in [0.15, 0.2) is 48.8 Å². The van der Waals surface area contributed by atoms with Crippen LogP contribution in [0.2, 0.25) is 10.0 Å². The summed E-state index contributed by atoms with van der Waals surface area (Å²) in [4.78, 5) is 19.1. The van der Waals surface area contributed by atoms with Crippen LogP contribution < -0.4 is 10.6 Å². The van der Waals surface area contributed by atoms with Gasteiger partial charge in [0.2, 0.25) is 11.6 Å². The van der Waals surface area contributed by atoms with E-state index in [0.717, 1.165) is 5.56 Å². The lowest BCUT2D eigenvalue weighted by Gasteiger charge is -2.11. The van der Waals surface area contributed by atoms with Gasteiger partial charge in [-0.25, -0.2) is 9.97 Å². The maximum Gasteiger partial charge on any atom is 0.353 e. The van der Waals surface area contributed by atoms with Gasteiger partial charge in [-0.15, -0.1) is 0 Å². The highest BCUT2D eigenvalue weighted by molar-refractivity contribution is 6.43. The maximum absolute atomic E-state index is 11.6. The topological polar surface area (TPSA) is 93.0 Å². The van der Waals surface area contributed by atoms with Crippen LogP contribution in [-0.4, -0.2) is 14.9 Å². The number of nitro groups is 1. The first-order valence-electron chi connectivity index (χ1n) is 7.50. The number of halogens is 2. The summed E-state index contributed by atoms with van der Waals surface area (Å²) in [7, 11) is 0. The number of nitrogens with one attached hydrogen (secondary N) is 2. The molecule has 3 rings (SSSR count). The zero-order valence-electron chi connectivity index (χ0n) is 13.5. The molecule has 0 saturated carbocycles. The average molecular weight is 390 g/mol. The van der Waals surface area contributed by atoms with Gasteiger partial charge in [0.1, 0.15) is 6.33 Å². The lowest BCUT2D eigenvalue weighted by Crippen LogP contribution is -2.05. The number of hydrogen-bond acceptors (Lipinski definition) is 6. The Bertz CT molecular complexity index is 981. The van der Waals surface area contributed by atoms with E-state index < -0.39 is 4.92 Å². The van der Waals surface area contributed by atoms with E-state index in [1.54, 1.807) is 24.3 Å². The van der Waals surface area contributed by atoms with Gasteiger partial charge in [0.15, 0.2) is 0 Å². The lowest BCUT2D eigenvalue weighted by molar-refractivity contribution is -0.383. The average Bonchev–Trinajstić information content (AvgIpc) is 2.59. The van der Waals surface area contributed by atoms with E-state index in [-0.39, 0.29) is 22.3 Å². The molecule has 132 valence electrons. The summed E-state index contributed by atoms with van der Waals surface area (Å²) in [5.74, 6) is 0.0700. The Balaban J connectivity index is 2.01. The minimum absolute atomic E-state index is 0.00400. The first-order chi connectivity index (χ1) is 12.5. The Morgan fingerprint density at radius 1 is 1.04 bits per heavy atom. The van der Waals surface area contributed by atoms with Crippen molar-refractivity contribution in [1.29, 1.82) is 0 Å². The van der Waals surface area contributed by atoms with Crippen molar-refractivity contribution in [3.05, 3.63) is 74.5 Å². The van der Waals surface area contributed by atoms with E-state index in [4.69, 9.17) is 23.2 Å². The number of anilines is 4. The highest BCUT2D eigenvalue weighted by Crippen LogP contribution is 2.36. The van der Waals surface area contributed by atoms with E-state index in [1.165, 1.54) is 6.33 Å². The van der Waals surface area contributed by atoms with Crippen molar-refractivity contribution < 1.29 is 4.92 Å². The van der Waals surface area contributed by atoms with Crippen LogP contribution in [0.1, 0.15) is 5.56 Å². The molecule has 2 aromatic carbocycles. The van der Waals surface area contributed by atoms with Crippen LogP contribution in [0.5, 0.6) is 0 Å². The smallest absolute Gasteiger partial charge is 0.334 e. The molecule has 1 heterocycles. The number of nitrogens with zero attached hydrogens (tertiary/aromatic N) is 3. The van der Waals surface area contributed by atoms with Crippen LogP contribution in [0.4, 0.5) is 28.7 Å². The molecule has 1 aromatic heterocycles. The van der Waals surface area contributed by atoms with Crippen molar-refractivity contribution in [2.45, 2.75) is 6.92 Å². The number of aromatic nitrogens is 2. The maximum atomic E-state index is 11.6. The molecule has 9 heteroatoms. The Morgan fingerprint density at radius 3 is 2.42 bits per heavy atom. The monoisotopic (exact) mass is 389 g/mol. The predicted octanol–water partition coefficient (Wildman–Crippen LogP) is 5.49. The molecule has 0 atom stereocenters. The van der Waals surface area contributed by atoms with E-state index in [1.807, 2.05) is 25.1 Å². The molecule has 0 aliphatic heterocycles. The number of benzene rings is 2. The minimum atomic E-state index is -0.557. The van der Waals surface area contributed by atoms with Gasteiger partial charge < -0.3 is 10.6 Å². The molecule has 0 fully saturated rings. The summed E-state index contributed by atoms with van der Waals surface area (Å²) in [5.41, 5.74) is 1.79. The second-order valence-corrected chi connectivity index (χ2v) is 6.18. The van der Waals surface area contributed by atoms with Crippen molar-refractivity contribution in [3.63, 3.8) is 0 Å². The minimum Gasteiger partial charge on any atom is -0.334 e. The molecule has 0 spiro atoms. The first-order valence-corrected chi connectivity index (χ1v) is 8.25. The second-order valence-electron chi connectivity index (χ2n) is 5.40. The third-order valence-electron chi connectivity index (χ3n) is 3.49. The Hall–Kier alpha value is -2.90. The van der Waals surface area contributed by atoms with Crippen molar-refractivity contribution in [1.82, 2.24) is 9.97 Å². The molecule has 26 heavy (non-hydrogen) atoms.